The Balaban J connectivity index is 1.90. The zero-order valence-electron chi connectivity index (χ0n) is 13.5. The zero-order chi connectivity index (χ0) is 18.2. The van der Waals surface area contributed by atoms with Crippen LogP contribution in [-0.4, -0.2) is 27.9 Å². The van der Waals surface area contributed by atoms with Gasteiger partial charge in [-0.25, -0.2) is 4.98 Å². The van der Waals surface area contributed by atoms with Crippen LogP contribution in [0, 0.1) is 0 Å². The van der Waals surface area contributed by atoms with Crippen molar-refractivity contribution in [3.05, 3.63) is 42.6 Å². The van der Waals surface area contributed by atoms with E-state index in [1.807, 2.05) is 0 Å². The molecule has 0 atom stereocenters. The van der Waals surface area contributed by atoms with Crippen LogP contribution in [0.2, 0.25) is 0 Å². The van der Waals surface area contributed by atoms with E-state index in [1.54, 1.807) is 36.4 Å². The molecule has 8 heteroatoms. The summed E-state index contributed by atoms with van der Waals surface area (Å²) in [6.07, 6.45) is 1.09. The third kappa shape index (κ3) is 6.30. The molecule has 0 aliphatic carbocycles. The SMILES string of the molecule is CC(=O)Nc1ccc(Oc2ccc(NC(=O)CCC(=O)O)cn2)cc1. The minimum Gasteiger partial charge on any atom is -0.481 e. The summed E-state index contributed by atoms with van der Waals surface area (Å²) < 4.78 is 5.56. The number of aliphatic carboxylic acids is 1. The second-order valence-electron chi connectivity index (χ2n) is 5.13. The molecular formula is C17H17N3O5. The van der Waals surface area contributed by atoms with Crippen LogP contribution in [-0.2, 0) is 14.4 Å². The van der Waals surface area contributed by atoms with Gasteiger partial charge in [0.05, 0.1) is 18.3 Å². The average molecular weight is 343 g/mol. The molecule has 2 amide bonds. The van der Waals surface area contributed by atoms with E-state index in [-0.39, 0.29) is 18.7 Å². The lowest BCUT2D eigenvalue weighted by Crippen LogP contribution is -2.13. The predicted molar refractivity (Wildman–Crippen MR) is 90.6 cm³/mol. The number of rotatable bonds is 7. The fourth-order valence-corrected chi connectivity index (χ4v) is 1.89. The van der Waals surface area contributed by atoms with Crippen LogP contribution in [0.5, 0.6) is 11.6 Å². The number of ether oxygens (including phenoxy) is 1. The van der Waals surface area contributed by atoms with E-state index in [4.69, 9.17) is 9.84 Å². The topological polar surface area (TPSA) is 118 Å². The summed E-state index contributed by atoms with van der Waals surface area (Å²) >= 11 is 0. The van der Waals surface area contributed by atoms with E-state index in [0.29, 0.717) is 23.0 Å². The van der Waals surface area contributed by atoms with Gasteiger partial charge in [0.25, 0.3) is 0 Å². The summed E-state index contributed by atoms with van der Waals surface area (Å²) in [6.45, 7) is 1.43. The number of anilines is 2. The van der Waals surface area contributed by atoms with Gasteiger partial charge in [0.1, 0.15) is 5.75 Å². The number of carbonyl (C=O) groups excluding carboxylic acids is 2. The fourth-order valence-electron chi connectivity index (χ4n) is 1.89. The number of amides is 2. The molecule has 0 spiro atoms. The minimum atomic E-state index is -1.03. The highest BCUT2D eigenvalue weighted by molar-refractivity contribution is 5.92. The summed E-state index contributed by atoms with van der Waals surface area (Å²) in [5.74, 6) is -0.708. The van der Waals surface area contributed by atoms with Gasteiger partial charge in [-0.15, -0.1) is 0 Å². The van der Waals surface area contributed by atoms with Gasteiger partial charge < -0.3 is 20.5 Å². The Morgan fingerprint density at radius 2 is 1.68 bits per heavy atom. The molecule has 1 aromatic heterocycles. The van der Waals surface area contributed by atoms with Crippen LogP contribution >= 0.6 is 0 Å². The first-order valence-electron chi connectivity index (χ1n) is 7.45. The van der Waals surface area contributed by atoms with Gasteiger partial charge in [-0.3, -0.25) is 14.4 Å². The second kappa shape index (κ2) is 8.44. The first kappa shape index (κ1) is 17.9. The van der Waals surface area contributed by atoms with Crippen LogP contribution in [0.1, 0.15) is 19.8 Å². The van der Waals surface area contributed by atoms with Gasteiger partial charge >= 0.3 is 5.97 Å². The van der Waals surface area contributed by atoms with E-state index in [0.717, 1.165) is 0 Å². The molecule has 0 bridgehead atoms. The molecule has 0 fully saturated rings. The van der Waals surface area contributed by atoms with Crippen molar-refractivity contribution in [2.45, 2.75) is 19.8 Å². The van der Waals surface area contributed by atoms with Gasteiger partial charge in [-0.1, -0.05) is 0 Å². The molecule has 3 N–H and O–H groups in total. The number of nitrogens with zero attached hydrogens (tertiary/aromatic N) is 1. The Morgan fingerprint density at radius 3 is 2.24 bits per heavy atom. The summed E-state index contributed by atoms with van der Waals surface area (Å²) in [6, 6.07) is 9.96. The molecule has 0 aliphatic heterocycles. The fraction of sp³-hybridized carbons (Fsp3) is 0.176. The highest BCUT2D eigenvalue weighted by atomic mass is 16.5. The Morgan fingerprint density at radius 1 is 1.00 bits per heavy atom. The number of hydrogen-bond acceptors (Lipinski definition) is 5. The molecule has 25 heavy (non-hydrogen) atoms. The lowest BCUT2D eigenvalue weighted by Gasteiger charge is -2.08. The second-order valence-corrected chi connectivity index (χ2v) is 5.13. The number of hydrogen-bond donors (Lipinski definition) is 3. The molecule has 0 saturated heterocycles. The maximum absolute atomic E-state index is 11.5. The first-order valence-corrected chi connectivity index (χ1v) is 7.45. The normalized spacial score (nSPS) is 9.96. The summed E-state index contributed by atoms with van der Waals surface area (Å²) in [4.78, 5) is 37.0. The van der Waals surface area contributed by atoms with E-state index in [9.17, 15) is 14.4 Å². The smallest absolute Gasteiger partial charge is 0.303 e. The van der Waals surface area contributed by atoms with Crippen molar-refractivity contribution < 1.29 is 24.2 Å². The van der Waals surface area contributed by atoms with Crippen LogP contribution < -0.4 is 15.4 Å². The van der Waals surface area contributed by atoms with Crippen molar-refractivity contribution in [2.24, 2.45) is 0 Å². The van der Waals surface area contributed by atoms with Crippen LogP contribution in [0.15, 0.2) is 42.6 Å². The number of nitrogens with one attached hydrogen (secondary N) is 2. The van der Waals surface area contributed by atoms with Crippen LogP contribution in [0.25, 0.3) is 0 Å². The molecule has 130 valence electrons. The minimum absolute atomic E-state index is 0.103. The Bertz CT molecular complexity index is 757. The molecule has 0 aliphatic rings. The van der Waals surface area contributed by atoms with Crippen molar-refractivity contribution >= 4 is 29.2 Å². The summed E-state index contributed by atoms with van der Waals surface area (Å²) in [7, 11) is 0. The summed E-state index contributed by atoms with van der Waals surface area (Å²) in [5, 5.41) is 13.7. The molecule has 0 saturated carbocycles. The zero-order valence-corrected chi connectivity index (χ0v) is 13.5. The van der Waals surface area contributed by atoms with Gasteiger partial charge in [-0.05, 0) is 30.3 Å². The molecule has 1 aromatic carbocycles. The molecule has 0 unspecified atom stereocenters. The summed E-state index contributed by atoms with van der Waals surface area (Å²) in [5.41, 5.74) is 1.11. The molecule has 2 rings (SSSR count). The van der Waals surface area contributed by atoms with Crippen LogP contribution in [0.3, 0.4) is 0 Å². The van der Waals surface area contributed by atoms with E-state index >= 15 is 0 Å². The number of carbonyl (C=O) groups is 3. The standard InChI is InChI=1S/C17H17N3O5/c1-11(21)19-12-2-5-14(6-3-12)25-16-8-4-13(10-18-16)20-15(22)7-9-17(23)24/h2-6,8,10H,7,9H2,1H3,(H,19,21)(H,20,22)(H,23,24). The van der Waals surface area contributed by atoms with Crippen LogP contribution in [0.4, 0.5) is 11.4 Å². The van der Waals surface area contributed by atoms with E-state index < -0.39 is 11.9 Å². The van der Waals surface area contributed by atoms with Gasteiger partial charge in [-0.2, -0.15) is 0 Å². The van der Waals surface area contributed by atoms with Crippen molar-refractivity contribution in [2.75, 3.05) is 10.6 Å². The Hall–Kier alpha value is -3.42. The van der Waals surface area contributed by atoms with Crippen molar-refractivity contribution in [3.63, 3.8) is 0 Å². The molecule has 0 radical (unpaired) electrons. The van der Waals surface area contributed by atoms with Gasteiger partial charge in [0.15, 0.2) is 0 Å². The molecule has 8 nitrogen and oxygen atoms in total. The molecule has 2 aromatic rings. The number of aromatic nitrogens is 1. The first-order chi connectivity index (χ1) is 11.9. The number of pyridine rings is 1. The van der Waals surface area contributed by atoms with Crippen molar-refractivity contribution in [1.82, 2.24) is 4.98 Å². The highest BCUT2D eigenvalue weighted by Crippen LogP contribution is 2.22. The average Bonchev–Trinajstić information content (AvgIpc) is 2.56. The quantitative estimate of drug-likeness (QED) is 0.711. The molecule has 1 heterocycles. The molecular weight excluding hydrogens is 326 g/mol. The lowest BCUT2D eigenvalue weighted by molar-refractivity contribution is -0.138. The lowest BCUT2D eigenvalue weighted by atomic mass is 10.3. The maximum atomic E-state index is 11.5. The van der Waals surface area contributed by atoms with E-state index in [2.05, 4.69) is 15.6 Å². The third-order valence-corrected chi connectivity index (χ3v) is 2.98. The van der Waals surface area contributed by atoms with Crippen molar-refractivity contribution in [1.29, 1.82) is 0 Å². The Kier molecular flexibility index (Phi) is 6.05. The number of carboxylic acids is 1. The highest BCUT2D eigenvalue weighted by Gasteiger charge is 2.06. The number of carboxylic acid groups (broad SMARTS) is 1. The third-order valence-electron chi connectivity index (χ3n) is 2.98. The van der Waals surface area contributed by atoms with Gasteiger partial charge in [0.2, 0.25) is 17.7 Å². The predicted octanol–water partition coefficient (Wildman–Crippen LogP) is 2.64. The largest absolute Gasteiger partial charge is 0.481 e. The monoisotopic (exact) mass is 343 g/mol. The maximum Gasteiger partial charge on any atom is 0.303 e. The van der Waals surface area contributed by atoms with E-state index in [1.165, 1.54) is 13.1 Å². The Labute approximate surface area is 143 Å². The number of benzene rings is 1. The van der Waals surface area contributed by atoms with Crippen molar-refractivity contribution in [3.8, 4) is 11.6 Å². The van der Waals surface area contributed by atoms with Gasteiger partial charge in [0, 0.05) is 25.1 Å².